The minimum atomic E-state index is -0.0369. The third-order valence-corrected chi connectivity index (χ3v) is 3.76. The summed E-state index contributed by atoms with van der Waals surface area (Å²) < 4.78 is 0. The highest BCUT2D eigenvalue weighted by atomic mass is 35.5. The van der Waals surface area contributed by atoms with Gasteiger partial charge in [0.15, 0.2) is 0 Å². The Morgan fingerprint density at radius 2 is 1.88 bits per heavy atom. The van der Waals surface area contributed by atoms with Crippen molar-refractivity contribution in [2.24, 2.45) is 17.6 Å². The van der Waals surface area contributed by atoms with Crippen molar-refractivity contribution >= 4 is 18.3 Å². The Labute approximate surface area is 105 Å². The van der Waals surface area contributed by atoms with E-state index in [2.05, 4.69) is 19.2 Å². The zero-order valence-electron chi connectivity index (χ0n) is 10.4. The Morgan fingerprint density at radius 1 is 1.31 bits per heavy atom. The first-order chi connectivity index (χ1) is 7.15. The number of carbonyl (C=O) groups excluding carboxylic acids is 1. The van der Waals surface area contributed by atoms with Gasteiger partial charge in [0, 0.05) is 6.04 Å². The van der Waals surface area contributed by atoms with Crippen LogP contribution in [0.15, 0.2) is 0 Å². The van der Waals surface area contributed by atoms with Crippen LogP contribution >= 0.6 is 12.4 Å². The normalized spacial score (nSPS) is 20.7. The molecule has 0 saturated heterocycles. The van der Waals surface area contributed by atoms with Gasteiger partial charge in [-0.05, 0) is 18.8 Å². The Balaban J connectivity index is 0.00000225. The van der Waals surface area contributed by atoms with Crippen molar-refractivity contribution < 1.29 is 4.79 Å². The summed E-state index contributed by atoms with van der Waals surface area (Å²) >= 11 is 0. The standard InChI is InChI=1S/C12H24N2O.ClH/c1-9(10(2)14-12(15)8-13)11-6-4-3-5-7-11;/h9-11H,3-8,13H2,1-2H3,(H,14,15);1H. The van der Waals surface area contributed by atoms with Crippen LogP contribution in [0.3, 0.4) is 0 Å². The maximum Gasteiger partial charge on any atom is 0.233 e. The molecular formula is C12H25ClN2O. The van der Waals surface area contributed by atoms with Crippen LogP contribution in [0.25, 0.3) is 0 Å². The minimum Gasteiger partial charge on any atom is -0.352 e. The van der Waals surface area contributed by atoms with Gasteiger partial charge in [-0.25, -0.2) is 0 Å². The Hall–Kier alpha value is -0.280. The van der Waals surface area contributed by atoms with Crippen molar-refractivity contribution in [3.05, 3.63) is 0 Å². The zero-order chi connectivity index (χ0) is 11.3. The van der Waals surface area contributed by atoms with Crippen molar-refractivity contribution in [2.75, 3.05) is 6.54 Å². The van der Waals surface area contributed by atoms with E-state index in [0.29, 0.717) is 5.92 Å². The topological polar surface area (TPSA) is 55.1 Å². The monoisotopic (exact) mass is 248 g/mol. The second kappa shape index (κ2) is 7.91. The summed E-state index contributed by atoms with van der Waals surface area (Å²) in [4.78, 5) is 11.2. The number of nitrogens with one attached hydrogen (secondary N) is 1. The predicted molar refractivity (Wildman–Crippen MR) is 69.6 cm³/mol. The van der Waals surface area contributed by atoms with Crippen LogP contribution in [0.2, 0.25) is 0 Å². The number of nitrogens with two attached hydrogens (primary N) is 1. The van der Waals surface area contributed by atoms with Gasteiger partial charge in [0.25, 0.3) is 0 Å². The van der Waals surface area contributed by atoms with Gasteiger partial charge >= 0.3 is 0 Å². The molecule has 0 aromatic carbocycles. The average molecular weight is 249 g/mol. The molecule has 0 bridgehead atoms. The van der Waals surface area contributed by atoms with Gasteiger partial charge < -0.3 is 11.1 Å². The predicted octanol–water partition coefficient (Wildman–Crippen LogP) is 2.09. The lowest BCUT2D eigenvalue weighted by molar-refractivity contribution is -0.120. The SMILES string of the molecule is CC(NC(=O)CN)C(C)C1CCCCC1.Cl. The molecule has 0 heterocycles. The maximum atomic E-state index is 11.2. The summed E-state index contributed by atoms with van der Waals surface area (Å²) in [5.74, 6) is 1.32. The first-order valence-corrected chi connectivity index (χ1v) is 6.14. The molecule has 1 saturated carbocycles. The highest BCUT2D eigenvalue weighted by Gasteiger charge is 2.24. The molecule has 1 aliphatic carbocycles. The number of halogens is 1. The molecule has 96 valence electrons. The Kier molecular flexibility index (Phi) is 7.77. The van der Waals surface area contributed by atoms with Crippen LogP contribution in [0.4, 0.5) is 0 Å². The molecule has 2 unspecified atom stereocenters. The number of carbonyl (C=O) groups is 1. The molecule has 1 fully saturated rings. The summed E-state index contributed by atoms with van der Waals surface area (Å²) in [6.07, 6.45) is 6.74. The third-order valence-electron chi connectivity index (χ3n) is 3.76. The van der Waals surface area contributed by atoms with Crippen molar-refractivity contribution in [3.63, 3.8) is 0 Å². The van der Waals surface area contributed by atoms with E-state index >= 15 is 0 Å². The van der Waals surface area contributed by atoms with Crippen LogP contribution in [-0.4, -0.2) is 18.5 Å². The van der Waals surface area contributed by atoms with Gasteiger partial charge in [0.1, 0.15) is 0 Å². The molecule has 1 aliphatic rings. The first-order valence-electron chi connectivity index (χ1n) is 6.14. The lowest BCUT2D eigenvalue weighted by atomic mass is 9.78. The molecule has 1 amide bonds. The summed E-state index contributed by atoms with van der Waals surface area (Å²) in [5.41, 5.74) is 5.29. The molecule has 0 aliphatic heterocycles. The molecule has 3 N–H and O–H groups in total. The second-order valence-corrected chi connectivity index (χ2v) is 4.82. The molecule has 4 heteroatoms. The van der Waals surface area contributed by atoms with E-state index < -0.39 is 0 Å². The van der Waals surface area contributed by atoms with Crippen LogP contribution < -0.4 is 11.1 Å². The van der Waals surface area contributed by atoms with Gasteiger partial charge in [0.05, 0.1) is 6.54 Å². The fraction of sp³-hybridized carbons (Fsp3) is 0.917. The van der Waals surface area contributed by atoms with E-state index in [9.17, 15) is 4.79 Å². The molecule has 3 nitrogen and oxygen atoms in total. The number of amides is 1. The summed E-state index contributed by atoms with van der Waals surface area (Å²) in [6.45, 7) is 4.44. The van der Waals surface area contributed by atoms with Crippen LogP contribution in [0, 0.1) is 11.8 Å². The highest BCUT2D eigenvalue weighted by molar-refractivity contribution is 5.85. The largest absolute Gasteiger partial charge is 0.352 e. The molecule has 16 heavy (non-hydrogen) atoms. The van der Waals surface area contributed by atoms with Gasteiger partial charge in [-0.2, -0.15) is 0 Å². The molecule has 1 rings (SSSR count). The number of rotatable bonds is 4. The molecule has 0 aromatic heterocycles. The molecule has 0 radical (unpaired) electrons. The van der Waals surface area contributed by atoms with Gasteiger partial charge in [0.2, 0.25) is 5.91 Å². The lowest BCUT2D eigenvalue weighted by Crippen LogP contribution is -2.42. The number of hydrogen-bond acceptors (Lipinski definition) is 2. The smallest absolute Gasteiger partial charge is 0.233 e. The van der Waals surface area contributed by atoms with Crippen molar-refractivity contribution in [2.45, 2.75) is 52.0 Å². The number of hydrogen-bond donors (Lipinski definition) is 2. The maximum absolute atomic E-state index is 11.2. The lowest BCUT2D eigenvalue weighted by Gasteiger charge is -2.32. The van der Waals surface area contributed by atoms with Crippen LogP contribution in [0.5, 0.6) is 0 Å². The van der Waals surface area contributed by atoms with E-state index in [1.54, 1.807) is 0 Å². The van der Waals surface area contributed by atoms with Crippen molar-refractivity contribution in [3.8, 4) is 0 Å². The van der Waals surface area contributed by atoms with Crippen LogP contribution in [-0.2, 0) is 4.79 Å². The summed E-state index contributed by atoms with van der Waals surface area (Å²) in [5, 5.41) is 2.96. The summed E-state index contributed by atoms with van der Waals surface area (Å²) in [7, 11) is 0. The average Bonchev–Trinajstić information content (AvgIpc) is 2.29. The Bertz CT molecular complexity index is 205. The van der Waals surface area contributed by atoms with E-state index in [1.165, 1.54) is 32.1 Å². The summed E-state index contributed by atoms with van der Waals surface area (Å²) in [6, 6.07) is 0.254. The van der Waals surface area contributed by atoms with Gasteiger partial charge in [-0.3, -0.25) is 4.79 Å². The van der Waals surface area contributed by atoms with Gasteiger partial charge in [-0.15, -0.1) is 12.4 Å². The third kappa shape index (κ3) is 4.71. The fourth-order valence-corrected chi connectivity index (χ4v) is 2.51. The molecule has 0 aromatic rings. The Morgan fingerprint density at radius 3 is 2.38 bits per heavy atom. The van der Waals surface area contributed by atoms with Crippen LogP contribution in [0.1, 0.15) is 46.0 Å². The van der Waals surface area contributed by atoms with E-state index in [-0.39, 0.29) is 30.9 Å². The van der Waals surface area contributed by atoms with E-state index in [0.717, 1.165) is 5.92 Å². The van der Waals surface area contributed by atoms with E-state index in [1.807, 2.05) is 0 Å². The molecule has 0 spiro atoms. The minimum absolute atomic E-state index is 0. The van der Waals surface area contributed by atoms with Crippen molar-refractivity contribution in [1.82, 2.24) is 5.32 Å². The molecule has 2 atom stereocenters. The van der Waals surface area contributed by atoms with Crippen molar-refractivity contribution in [1.29, 1.82) is 0 Å². The first kappa shape index (κ1) is 15.7. The zero-order valence-corrected chi connectivity index (χ0v) is 11.2. The fourth-order valence-electron chi connectivity index (χ4n) is 2.51. The highest BCUT2D eigenvalue weighted by Crippen LogP contribution is 2.31. The van der Waals surface area contributed by atoms with E-state index in [4.69, 9.17) is 5.73 Å². The quantitative estimate of drug-likeness (QED) is 0.801. The molecular weight excluding hydrogens is 224 g/mol. The second-order valence-electron chi connectivity index (χ2n) is 4.82. The van der Waals surface area contributed by atoms with Gasteiger partial charge in [-0.1, -0.05) is 39.0 Å².